The summed E-state index contributed by atoms with van der Waals surface area (Å²) in [5.41, 5.74) is 2.47. The summed E-state index contributed by atoms with van der Waals surface area (Å²) in [7, 11) is 0. The largest absolute Gasteiger partial charge is 0.481 e. The maximum absolute atomic E-state index is 10.7. The number of hydrogen-bond acceptors (Lipinski definition) is 1. The molecule has 1 fully saturated rings. The predicted octanol–water partition coefficient (Wildman–Crippen LogP) is 2.45. The number of allylic oxidation sites excluding steroid dienone is 2. The van der Waals surface area contributed by atoms with Gasteiger partial charge in [0.2, 0.25) is 0 Å². The van der Waals surface area contributed by atoms with Gasteiger partial charge in [0.25, 0.3) is 0 Å². The van der Waals surface area contributed by atoms with Crippen molar-refractivity contribution in [1.82, 2.24) is 0 Å². The molecule has 2 heteroatoms. The first-order chi connectivity index (χ1) is 5.37. The molecule has 1 saturated carbocycles. The van der Waals surface area contributed by atoms with E-state index in [0.29, 0.717) is 0 Å². The molecular weight excluding hydrogens is 152 g/mol. The molecule has 1 aliphatic rings. The maximum Gasteiger partial charge on any atom is 0.307 e. The van der Waals surface area contributed by atoms with Crippen molar-refractivity contribution in [2.45, 2.75) is 34.1 Å². The van der Waals surface area contributed by atoms with Crippen LogP contribution >= 0.6 is 0 Å². The van der Waals surface area contributed by atoms with Gasteiger partial charge in [-0.1, -0.05) is 25.0 Å². The van der Waals surface area contributed by atoms with Crippen molar-refractivity contribution in [3.05, 3.63) is 11.1 Å². The molecule has 0 bridgehead atoms. The summed E-state index contributed by atoms with van der Waals surface area (Å²) in [6.07, 6.45) is 0.741. The zero-order valence-corrected chi connectivity index (χ0v) is 8.14. The van der Waals surface area contributed by atoms with Gasteiger partial charge in [-0.05, 0) is 25.7 Å². The summed E-state index contributed by atoms with van der Waals surface area (Å²) in [6.45, 7) is 8.12. The van der Waals surface area contributed by atoms with Gasteiger partial charge < -0.3 is 5.11 Å². The Morgan fingerprint density at radius 1 is 1.50 bits per heavy atom. The van der Waals surface area contributed by atoms with Gasteiger partial charge in [-0.25, -0.2) is 0 Å². The second-order valence-electron chi connectivity index (χ2n) is 4.30. The van der Waals surface area contributed by atoms with Crippen LogP contribution in [-0.4, -0.2) is 11.1 Å². The highest BCUT2D eigenvalue weighted by Gasteiger charge is 2.48. The molecule has 12 heavy (non-hydrogen) atoms. The van der Waals surface area contributed by atoms with Crippen molar-refractivity contribution in [3.63, 3.8) is 0 Å². The molecule has 0 heterocycles. The highest BCUT2D eigenvalue weighted by molar-refractivity contribution is 5.74. The van der Waals surface area contributed by atoms with Crippen LogP contribution in [-0.2, 0) is 4.79 Å². The van der Waals surface area contributed by atoms with Gasteiger partial charge in [-0.3, -0.25) is 4.79 Å². The maximum atomic E-state index is 10.7. The number of carboxylic acids is 1. The molecule has 1 aliphatic carbocycles. The Labute approximate surface area is 73.3 Å². The molecule has 0 radical (unpaired) electrons. The van der Waals surface area contributed by atoms with Gasteiger partial charge in [-0.2, -0.15) is 0 Å². The first-order valence-electron chi connectivity index (χ1n) is 4.27. The lowest BCUT2D eigenvalue weighted by Gasteiger charge is -2.46. The van der Waals surface area contributed by atoms with Crippen molar-refractivity contribution < 1.29 is 9.90 Å². The van der Waals surface area contributed by atoms with Crippen LogP contribution in [0.3, 0.4) is 0 Å². The highest BCUT2D eigenvalue weighted by atomic mass is 16.4. The first kappa shape index (κ1) is 9.30. The standard InChI is InChI=1S/C10H16O2/c1-6(2)7-5-8(9(11)12)10(7,3)4/h8H,5H2,1-4H3,(H,11,12). The normalized spacial score (nSPS) is 26.3. The van der Waals surface area contributed by atoms with Gasteiger partial charge in [0, 0.05) is 0 Å². The summed E-state index contributed by atoms with van der Waals surface area (Å²) in [5.74, 6) is -0.840. The van der Waals surface area contributed by atoms with E-state index < -0.39 is 5.97 Å². The van der Waals surface area contributed by atoms with Gasteiger partial charge in [0.05, 0.1) is 5.92 Å². The molecule has 1 rings (SSSR count). The third-order valence-corrected chi connectivity index (χ3v) is 2.96. The van der Waals surface area contributed by atoms with Crippen molar-refractivity contribution in [2.75, 3.05) is 0 Å². The van der Waals surface area contributed by atoms with E-state index in [4.69, 9.17) is 5.11 Å². The summed E-state index contributed by atoms with van der Waals surface area (Å²) in [6, 6.07) is 0. The lowest BCUT2D eigenvalue weighted by atomic mass is 9.57. The fourth-order valence-corrected chi connectivity index (χ4v) is 2.05. The molecule has 0 amide bonds. The van der Waals surface area contributed by atoms with Gasteiger partial charge in [-0.15, -0.1) is 0 Å². The van der Waals surface area contributed by atoms with E-state index in [1.165, 1.54) is 11.1 Å². The lowest BCUT2D eigenvalue weighted by Crippen LogP contribution is -2.43. The van der Waals surface area contributed by atoms with E-state index in [1.807, 2.05) is 13.8 Å². The molecule has 0 aromatic carbocycles. The average Bonchev–Trinajstić information content (AvgIpc) is 1.83. The monoisotopic (exact) mass is 168 g/mol. The zero-order valence-electron chi connectivity index (χ0n) is 8.14. The fraction of sp³-hybridized carbons (Fsp3) is 0.700. The molecule has 0 aromatic heterocycles. The predicted molar refractivity (Wildman–Crippen MR) is 47.9 cm³/mol. The Bertz CT molecular complexity index is 245. The number of carboxylic acid groups (broad SMARTS) is 1. The van der Waals surface area contributed by atoms with Gasteiger partial charge in [0.15, 0.2) is 0 Å². The van der Waals surface area contributed by atoms with Crippen molar-refractivity contribution in [1.29, 1.82) is 0 Å². The third-order valence-electron chi connectivity index (χ3n) is 2.96. The minimum Gasteiger partial charge on any atom is -0.481 e. The van der Waals surface area contributed by atoms with Crippen molar-refractivity contribution in [2.24, 2.45) is 11.3 Å². The van der Waals surface area contributed by atoms with Crippen LogP contribution in [0.1, 0.15) is 34.1 Å². The van der Waals surface area contributed by atoms with Crippen LogP contribution in [0.25, 0.3) is 0 Å². The second kappa shape index (κ2) is 2.61. The number of rotatable bonds is 1. The van der Waals surface area contributed by atoms with Crippen molar-refractivity contribution in [3.8, 4) is 0 Å². The van der Waals surface area contributed by atoms with Crippen molar-refractivity contribution >= 4 is 5.97 Å². The van der Waals surface area contributed by atoms with Crippen LogP contribution in [0.5, 0.6) is 0 Å². The molecule has 1 atom stereocenters. The van der Waals surface area contributed by atoms with E-state index >= 15 is 0 Å². The minimum atomic E-state index is -0.662. The minimum absolute atomic E-state index is 0.120. The average molecular weight is 168 g/mol. The summed E-state index contributed by atoms with van der Waals surface area (Å²) < 4.78 is 0. The SMILES string of the molecule is CC(C)=C1CC(C(=O)O)C1(C)C. The van der Waals surface area contributed by atoms with Crippen LogP contribution < -0.4 is 0 Å². The molecule has 0 aromatic rings. The number of aliphatic carboxylic acids is 1. The van der Waals surface area contributed by atoms with Crippen LogP contribution in [0, 0.1) is 11.3 Å². The lowest BCUT2D eigenvalue weighted by molar-refractivity contribution is -0.148. The first-order valence-corrected chi connectivity index (χ1v) is 4.27. The van der Waals surface area contributed by atoms with E-state index in [9.17, 15) is 4.79 Å². The Morgan fingerprint density at radius 2 is 2.00 bits per heavy atom. The topological polar surface area (TPSA) is 37.3 Å². The smallest absolute Gasteiger partial charge is 0.307 e. The molecule has 2 nitrogen and oxygen atoms in total. The second-order valence-corrected chi connectivity index (χ2v) is 4.30. The van der Waals surface area contributed by atoms with Gasteiger partial charge >= 0.3 is 5.97 Å². The Balaban J connectivity index is 2.87. The Morgan fingerprint density at radius 3 is 2.25 bits per heavy atom. The molecule has 0 aliphatic heterocycles. The Kier molecular flexibility index (Phi) is 2.02. The molecule has 0 spiro atoms. The molecule has 0 saturated heterocycles. The summed E-state index contributed by atoms with van der Waals surface area (Å²) >= 11 is 0. The zero-order chi connectivity index (χ0) is 9.52. The van der Waals surface area contributed by atoms with Crippen LogP contribution in [0.2, 0.25) is 0 Å². The summed E-state index contributed by atoms with van der Waals surface area (Å²) in [4.78, 5) is 10.7. The highest BCUT2D eigenvalue weighted by Crippen LogP contribution is 2.52. The fourth-order valence-electron chi connectivity index (χ4n) is 2.05. The van der Waals surface area contributed by atoms with E-state index in [0.717, 1.165) is 6.42 Å². The summed E-state index contributed by atoms with van der Waals surface area (Å²) in [5, 5.41) is 8.85. The number of hydrogen-bond donors (Lipinski definition) is 1. The van der Waals surface area contributed by atoms with E-state index in [-0.39, 0.29) is 11.3 Å². The Hall–Kier alpha value is -0.790. The molecule has 1 N–H and O–H groups in total. The molecule has 68 valence electrons. The molecular formula is C10H16O2. The van der Waals surface area contributed by atoms with E-state index in [2.05, 4.69) is 13.8 Å². The molecule has 1 unspecified atom stereocenters. The number of carbonyl (C=O) groups is 1. The third kappa shape index (κ3) is 1.15. The quantitative estimate of drug-likeness (QED) is 0.610. The van der Waals surface area contributed by atoms with E-state index in [1.54, 1.807) is 0 Å². The van der Waals surface area contributed by atoms with Gasteiger partial charge in [0.1, 0.15) is 0 Å². The van der Waals surface area contributed by atoms with Crippen LogP contribution in [0.4, 0.5) is 0 Å². The van der Waals surface area contributed by atoms with Crippen LogP contribution in [0.15, 0.2) is 11.1 Å².